The smallest absolute Gasteiger partial charge is 0.295 e. The lowest BCUT2D eigenvalue weighted by Crippen LogP contribution is -2.39. The maximum Gasteiger partial charge on any atom is 0.295 e. The number of hydrogen-bond acceptors (Lipinski definition) is 6. The highest BCUT2D eigenvalue weighted by atomic mass is 16.6. The number of hydrogen-bond donors (Lipinski definition) is 2. The summed E-state index contributed by atoms with van der Waals surface area (Å²) in [5.41, 5.74) is 1.06. The minimum Gasteiger partial charge on any atom is -0.423 e. The van der Waals surface area contributed by atoms with Crippen LogP contribution in [0.25, 0.3) is 11.1 Å². The number of non-ortho nitro benzene ring substituents is 1. The van der Waals surface area contributed by atoms with E-state index in [0.717, 1.165) is 19.5 Å². The molecule has 1 saturated heterocycles. The van der Waals surface area contributed by atoms with Gasteiger partial charge >= 0.3 is 0 Å². The van der Waals surface area contributed by atoms with E-state index in [1.807, 2.05) is 0 Å². The van der Waals surface area contributed by atoms with Gasteiger partial charge in [-0.3, -0.25) is 10.1 Å². The Morgan fingerprint density at radius 2 is 2.40 bits per heavy atom. The molecule has 2 N–H and O–H groups in total. The average Bonchev–Trinajstić information content (AvgIpc) is 2.88. The fraction of sp³-hybridized carbons (Fsp3) is 0.462. The van der Waals surface area contributed by atoms with Crippen molar-refractivity contribution in [2.45, 2.75) is 25.3 Å². The first kappa shape index (κ1) is 12.9. The summed E-state index contributed by atoms with van der Waals surface area (Å²) in [5, 5.41) is 17.3. The SMILES string of the molecule is O=[N+]([O-])c1ccc2nc(NCC3CCCCN3)oc2c1. The fourth-order valence-electron chi connectivity index (χ4n) is 2.41. The molecule has 0 aliphatic carbocycles. The Labute approximate surface area is 115 Å². The van der Waals surface area contributed by atoms with Gasteiger partial charge in [0.15, 0.2) is 5.58 Å². The zero-order valence-electron chi connectivity index (χ0n) is 11.0. The second-order valence-electron chi connectivity index (χ2n) is 4.96. The van der Waals surface area contributed by atoms with Crippen LogP contribution in [0.1, 0.15) is 19.3 Å². The van der Waals surface area contributed by atoms with Crippen LogP contribution in [-0.2, 0) is 0 Å². The molecular formula is C13H16N4O3. The van der Waals surface area contributed by atoms with Crippen molar-refractivity contribution in [3.63, 3.8) is 0 Å². The van der Waals surface area contributed by atoms with Crippen molar-refractivity contribution in [2.24, 2.45) is 0 Å². The number of benzene rings is 1. The number of nitrogens with zero attached hydrogens (tertiary/aromatic N) is 2. The van der Waals surface area contributed by atoms with E-state index in [1.54, 1.807) is 6.07 Å². The van der Waals surface area contributed by atoms with E-state index in [4.69, 9.17) is 4.42 Å². The van der Waals surface area contributed by atoms with E-state index in [0.29, 0.717) is 23.2 Å². The minimum atomic E-state index is -0.443. The highest BCUT2D eigenvalue weighted by Gasteiger charge is 2.15. The Hall–Kier alpha value is -2.15. The summed E-state index contributed by atoms with van der Waals surface area (Å²) in [4.78, 5) is 14.5. The van der Waals surface area contributed by atoms with Gasteiger partial charge in [0.1, 0.15) is 5.52 Å². The summed E-state index contributed by atoms with van der Waals surface area (Å²) in [6.07, 6.45) is 3.60. The van der Waals surface area contributed by atoms with Gasteiger partial charge in [0.05, 0.1) is 11.0 Å². The van der Waals surface area contributed by atoms with Crippen molar-refractivity contribution >= 4 is 22.8 Å². The largest absolute Gasteiger partial charge is 0.423 e. The molecule has 1 fully saturated rings. The Morgan fingerprint density at radius 1 is 1.50 bits per heavy atom. The van der Waals surface area contributed by atoms with Gasteiger partial charge in [-0.15, -0.1) is 0 Å². The lowest BCUT2D eigenvalue weighted by atomic mass is 10.1. The number of rotatable bonds is 4. The number of nitro groups is 1. The Balaban J connectivity index is 1.70. The van der Waals surface area contributed by atoms with Crippen molar-refractivity contribution in [1.82, 2.24) is 10.3 Å². The predicted octanol–water partition coefficient (Wildman–Crippen LogP) is 2.29. The minimum absolute atomic E-state index is 0.00847. The molecule has 0 bridgehead atoms. The molecule has 0 spiro atoms. The molecule has 1 aromatic carbocycles. The van der Waals surface area contributed by atoms with Crippen LogP contribution in [0, 0.1) is 10.1 Å². The number of oxazole rings is 1. The summed E-state index contributed by atoms with van der Waals surface area (Å²) >= 11 is 0. The van der Waals surface area contributed by atoms with E-state index >= 15 is 0 Å². The third kappa shape index (κ3) is 2.72. The summed E-state index contributed by atoms with van der Waals surface area (Å²) in [5.74, 6) is 0. The van der Waals surface area contributed by atoms with Gasteiger partial charge < -0.3 is 15.1 Å². The van der Waals surface area contributed by atoms with Gasteiger partial charge in [0.2, 0.25) is 0 Å². The molecular weight excluding hydrogens is 260 g/mol. The number of piperidine rings is 1. The number of nitro benzene ring substituents is 1. The van der Waals surface area contributed by atoms with Crippen molar-refractivity contribution in [1.29, 1.82) is 0 Å². The van der Waals surface area contributed by atoms with Gasteiger partial charge in [0.25, 0.3) is 11.7 Å². The van der Waals surface area contributed by atoms with Gasteiger partial charge in [0, 0.05) is 18.7 Å². The molecule has 0 amide bonds. The molecule has 0 saturated carbocycles. The van der Waals surface area contributed by atoms with Gasteiger partial charge in [-0.05, 0) is 25.5 Å². The predicted molar refractivity (Wildman–Crippen MR) is 74.8 cm³/mol. The highest BCUT2D eigenvalue weighted by Crippen LogP contribution is 2.23. The highest BCUT2D eigenvalue weighted by molar-refractivity contribution is 5.77. The molecule has 7 nitrogen and oxygen atoms in total. The maximum absolute atomic E-state index is 10.7. The van der Waals surface area contributed by atoms with E-state index in [2.05, 4.69) is 15.6 Å². The second kappa shape index (κ2) is 5.46. The second-order valence-corrected chi connectivity index (χ2v) is 4.96. The van der Waals surface area contributed by atoms with Crippen LogP contribution in [-0.4, -0.2) is 29.0 Å². The Morgan fingerprint density at radius 3 is 3.15 bits per heavy atom. The molecule has 2 aromatic rings. The molecule has 0 radical (unpaired) electrons. The third-order valence-corrected chi connectivity index (χ3v) is 3.49. The van der Waals surface area contributed by atoms with Crippen molar-refractivity contribution < 1.29 is 9.34 Å². The van der Waals surface area contributed by atoms with Crippen LogP contribution in [0.5, 0.6) is 0 Å². The number of nitrogens with one attached hydrogen (secondary N) is 2. The first-order chi connectivity index (χ1) is 9.72. The van der Waals surface area contributed by atoms with Crippen LogP contribution in [0.4, 0.5) is 11.7 Å². The number of fused-ring (bicyclic) bond motifs is 1. The molecule has 1 unspecified atom stereocenters. The molecule has 2 heterocycles. The normalized spacial score (nSPS) is 19.1. The molecule has 1 aliphatic rings. The van der Waals surface area contributed by atoms with Gasteiger partial charge in [-0.2, -0.15) is 4.98 Å². The molecule has 106 valence electrons. The fourth-order valence-corrected chi connectivity index (χ4v) is 2.41. The van der Waals surface area contributed by atoms with Crippen molar-refractivity contribution in [3.8, 4) is 0 Å². The Bertz CT molecular complexity index is 619. The van der Waals surface area contributed by atoms with E-state index < -0.39 is 4.92 Å². The van der Waals surface area contributed by atoms with Gasteiger partial charge in [-0.1, -0.05) is 6.42 Å². The zero-order valence-corrected chi connectivity index (χ0v) is 11.0. The quantitative estimate of drug-likeness (QED) is 0.657. The molecule has 1 aromatic heterocycles. The third-order valence-electron chi connectivity index (χ3n) is 3.49. The van der Waals surface area contributed by atoms with Crippen LogP contribution in [0.15, 0.2) is 22.6 Å². The average molecular weight is 276 g/mol. The molecule has 1 aliphatic heterocycles. The zero-order chi connectivity index (χ0) is 13.9. The monoisotopic (exact) mass is 276 g/mol. The van der Waals surface area contributed by atoms with Crippen LogP contribution < -0.4 is 10.6 Å². The van der Waals surface area contributed by atoms with Crippen LogP contribution >= 0.6 is 0 Å². The standard InChI is InChI=1S/C13H16N4O3/c18-17(19)10-4-5-11-12(7-10)20-13(16-11)15-8-9-3-1-2-6-14-9/h4-5,7,9,14H,1-3,6,8H2,(H,15,16). The Kier molecular flexibility index (Phi) is 3.51. The van der Waals surface area contributed by atoms with Crippen molar-refractivity contribution in [2.75, 3.05) is 18.4 Å². The number of aromatic nitrogens is 1. The lowest BCUT2D eigenvalue weighted by Gasteiger charge is -2.23. The molecule has 20 heavy (non-hydrogen) atoms. The van der Waals surface area contributed by atoms with E-state index in [9.17, 15) is 10.1 Å². The summed E-state index contributed by atoms with van der Waals surface area (Å²) in [6.45, 7) is 1.79. The summed E-state index contributed by atoms with van der Waals surface area (Å²) in [7, 11) is 0. The molecule has 7 heteroatoms. The first-order valence-electron chi connectivity index (χ1n) is 6.74. The van der Waals surface area contributed by atoms with Crippen LogP contribution in [0.3, 0.4) is 0 Å². The summed E-state index contributed by atoms with van der Waals surface area (Å²) < 4.78 is 5.50. The van der Waals surface area contributed by atoms with Crippen LogP contribution in [0.2, 0.25) is 0 Å². The van der Waals surface area contributed by atoms with Crippen molar-refractivity contribution in [3.05, 3.63) is 28.3 Å². The topological polar surface area (TPSA) is 93.2 Å². The summed E-state index contributed by atoms with van der Waals surface area (Å²) in [6, 6.07) is 5.26. The maximum atomic E-state index is 10.7. The number of anilines is 1. The molecule has 1 atom stereocenters. The van der Waals surface area contributed by atoms with Gasteiger partial charge in [-0.25, -0.2) is 0 Å². The lowest BCUT2D eigenvalue weighted by molar-refractivity contribution is -0.384. The van der Waals surface area contributed by atoms with E-state index in [1.165, 1.54) is 25.0 Å². The van der Waals surface area contributed by atoms with E-state index in [-0.39, 0.29) is 5.69 Å². The molecule has 3 rings (SSSR count). The first-order valence-corrected chi connectivity index (χ1v) is 6.74.